The summed E-state index contributed by atoms with van der Waals surface area (Å²) in [4.78, 5) is 23.4. The molecule has 0 saturated heterocycles. The standard InChI is InChI=1S/C14H18ClNO3/c1-4-5-14(3,13(18)19)16-12(17)10-6-9(2)7-11(15)8-10/h6-8H,4-5H2,1-3H3,(H,16,17)(H,18,19). The Kier molecular flexibility index (Phi) is 4.95. The lowest BCUT2D eigenvalue weighted by Crippen LogP contribution is -2.52. The van der Waals surface area contributed by atoms with Gasteiger partial charge in [-0.15, -0.1) is 0 Å². The van der Waals surface area contributed by atoms with Crippen LogP contribution in [0.25, 0.3) is 0 Å². The zero-order valence-corrected chi connectivity index (χ0v) is 12.0. The number of amides is 1. The molecule has 1 aromatic carbocycles. The number of rotatable bonds is 5. The maximum atomic E-state index is 12.1. The first-order valence-electron chi connectivity index (χ1n) is 6.11. The van der Waals surface area contributed by atoms with Crippen LogP contribution in [0.3, 0.4) is 0 Å². The lowest BCUT2D eigenvalue weighted by molar-refractivity contribution is -0.144. The molecule has 2 N–H and O–H groups in total. The Morgan fingerprint density at radius 2 is 2.00 bits per heavy atom. The van der Waals surface area contributed by atoms with E-state index in [1.807, 2.05) is 13.8 Å². The SMILES string of the molecule is CCCC(C)(NC(=O)c1cc(C)cc(Cl)c1)C(=O)O. The molecular formula is C14H18ClNO3. The van der Waals surface area contributed by atoms with Crippen LogP contribution in [0.2, 0.25) is 5.02 Å². The molecule has 0 radical (unpaired) electrons. The largest absolute Gasteiger partial charge is 0.480 e. The maximum Gasteiger partial charge on any atom is 0.329 e. The van der Waals surface area contributed by atoms with Gasteiger partial charge in [0.25, 0.3) is 5.91 Å². The van der Waals surface area contributed by atoms with Crippen molar-refractivity contribution in [2.45, 2.75) is 39.2 Å². The van der Waals surface area contributed by atoms with Crippen LogP contribution in [-0.2, 0) is 4.79 Å². The van der Waals surface area contributed by atoms with Crippen molar-refractivity contribution < 1.29 is 14.7 Å². The first-order valence-corrected chi connectivity index (χ1v) is 6.49. The Labute approximate surface area is 117 Å². The molecule has 0 aliphatic rings. The van der Waals surface area contributed by atoms with Gasteiger partial charge < -0.3 is 10.4 Å². The number of carboxylic acid groups (broad SMARTS) is 1. The van der Waals surface area contributed by atoms with E-state index in [4.69, 9.17) is 11.6 Å². The molecule has 1 aromatic rings. The van der Waals surface area contributed by atoms with Crippen molar-refractivity contribution in [2.24, 2.45) is 0 Å². The van der Waals surface area contributed by atoms with Crippen LogP contribution in [-0.4, -0.2) is 22.5 Å². The molecule has 0 aliphatic heterocycles. The predicted molar refractivity (Wildman–Crippen MR) is 74.6 cm³/mol. The Balaban J connectivity index is 2.97. The van der Waals surface area contributed by atoms with Crippen LogP contribution in [0.5, 0.6) is 0 Å². The fourth-order valence-electron chi connectivity index (χ4n) is 1.91. The van der Waals surface area contributed by atoms with Crippen LogP contribution >= 0.6 is 11.6 Å². The van der Waals surface area contributed by atoms with Crippen molar-refractivity contribution in [1.82, 2.24) is 5.32 Å². The molecule has 0 aliphatic carbocycles. The molecule has 1 amide bonds. The minimum atomic E-state index is -1.26. The number of aliphatic carboxylic acids is 1. The number of aryl methyl sites for hydroxylation is 1. The van der Waals surface area contributed by atoms with E-state index in [9.17, 15) is 14.7 Å². The summed E-state index contributed by atoms with van der Waals surface area (Å²) < 4.78 is 0. The average molecular weight is 284 g/mol. The highest BCUT2D eigenvalue weighted by molar-refractivity contribution is 6.31. The van der Waals surface area contributed by atoms with E-state index in [-0.39, 0.29) is 0 Å². The van der Waals surface area contributed by atoms with E-state index in [0.717, 1.165) is 5.56 Å². The minimum absolute atomic E-state index is 0.369. The van der Waals surface area contributed by atoms with Crippen LogP contribution in [0, 0.1) is 6.92 Å². The van der Waals surface area contributed by atoms with Gasteiger partial charge in [-0.1, -0.05) is 24.9 Å². The predicted octanol–water partition coefficient (Wildman–Crippen LogP) is 3.02. The quantitative estimate of drug-likeness (QED) is 0.873. The fraction of sp³-hybridized carbons (Fsp3) is 0.429. The fourth-order valence-corrected chi connectivity index (χ4v) is 2.20. The van der Waals surface area contributed by atoms with Crippen LogP contribution in [0.1, 0.15) is 42.6 Å². The second-order valence-electron chi connectivity index (χ2n) is 4.86. The maximum absolute atomic E-state index is 12.1. The van der Waals surface area contributed by atoms with Crippen molar-refractivity contribution in [2.75, 3.05) is 0 Å². The van der Waals surface area contributed by atoms with Crippen LogP contribution in [0.15, 0.2) is 18.2 Å². The second kappa shape index (κ2) is 6.06. The van der Waals surface area contributed by atoms with Gasteiger partial charge in [0.2, 0.25) is 0 Å². The molecule has 0 aromatic heterocycles. The first kappa shape index (κ1) is 15.5. The molecule has 1 unspecified atom stereocenters. The van der Waals surface area contributed by atoms with Gasteiger partial charge in [-0.3, -0.25) is 4.79 Å². The van der Waals surface area contributed by atoms with E-state index in [1.165, 1.54) is 13.0 Å². The third kappa shape index (κ3) is 3.96. The molecule has 0 heterocycles. The van der Waals surface area contributed by atoms with Gasteiger partial charge >= 0.3 is 5.97 Å². The highest BCUT2D eigenvalue weighted by Gasteiger charge is 2.34. The van der Waals surface area contributed by atoms with Crippen LogP contribution < -0.4 is 5.32 Å². The van der Waals surface area contributed by atoms with Gasteiger partial charge in [-0.25, -0.2) is 4.79 Å². The molecule has 0 saturated carbocycles. The number of halogens is 1. The summed E-state index contributed by atoms with van der Waals surface area (Å²) in [5, 5.41) is 12.3. The Hall–Kier alpha value is -1.55. The molecule has 19 heavy (non-hydrogen) atoms. The molecule has 1 atom stereocenters. The van der Waals surface area contributed by atoms with Gasteiger partial charge in [0.15, 0.2) is 0 Å². The summed E-state index contributed by atoms with van der Waals surface area (Å²) >= 11 is 5.89. The number of carboxylic acids is 1. The number of carbonyl (C=O) groups is 2. The number of hydrogen-bond acceptors (Lipinski definition) is 2. The molecular weight excluding hydrogens is 266 g/mol. The van der Waals surface area contributed by atoms with Crippen molar-refractivity contribution in [3.8, 4) is 0 Å². The van der Waals surface area contributed by atoms with E-state index in [2.05, 4.69) is 5.32 Å². The van der Waals surface area contributed by atoms with Gasteiger partial charge in [0, 0.05) is 10.6 Å². The molecule has 0 bridgehead atoms. The zero-order chi connectivity index (χ0) is 14.6. The number of carbonyl (C=O) groups excluding carboxylic acids is 1. The molecule has 4 nitrogen and oxygen atoms in total. The number of hydrogen-bond donors (Lipinski definition) is 2. The summed E-state index contributed by atoms with van der Waals surface area (Å²) in [7, 11) is 0. The summed E-state index contributed by atoms with van der Waals surface area (Å²) in [6.45, 7) is 5.20. The van der Waals surface area contributed by atoms with E-state index in [0.29, 0.717) is 23.4 Å². The summed E-state index contributed by atoms with van der Waals surface area (Å²) in [5.41, 5.74) is -0.0408. The van der Waals surface area contributed by atoms with E-state index >= 15 is 0 Å². The van der Waals surface area contributed by atoms with E-state index in [1.54, 1.807) is 12.1 Å². The summed E-state index contributed by atoms with van der Waals surface area (Å²) in [6.07, 6.45) is 1.03. The highest BCUT2D eigenvalue weighted by atomic mass is 35.5. The lowest BCUT2D eigenvalue weighted by Gasteiger charge is -2.25. The van der Waals surface area contributed by atoms with Crippen molar-refractivity contribution in [1.29, 1.82) is 0 Å². The number of benzene rings is 1. The monoisotopic (exact) mass is 283 g/mol. The van der Waals surface area contributed by atoms with Crippen molar-refractivity contribution in [3.63, 3.8) is 0 Å². The molecule has 1 rings (SSSR count). The molecule has 0 fully saturated rings. The Bertz CT molecular complexity index is 481. The third-order valence-corrected chi connectivity index (χ3v) is 3.13. The summed E-state index contributed by atoms with van der Waals surface area (Å²) in [5.74, 6) is -1.47. The van der Waals surface area contributed by atoms with Gasteiger partial charge in [-0.05, 0) is 44.0 Å². The summed E-state index contributed by atoms with van der Waals surface area (Å²) in [6, 6.07) is 4.94. The second-order valence-corrected chi connectivity index (χ2v) is 5.30. The van der Waals surface area contributed by atoms with Gasteiger partial charge in [0.05, 0.1) is 0 Å². The highest BCUT2D eigenvalue weighted by Crippen LogP contribution is 2.17. The van der Waals surface area contributed by atoms with Gasteiger partial charge in [-0.2, -0.15) is 0 Å². The number of nitrogens with one attached hydrogen (secondary N) is 1. The molecule has 5 heteroatoms. The Morgan fingerprint density at radius 1 is 1.37 bits per heavy atom. The average Bonchev–Trinajstić information content (AvgIpc) is 2.27. The molecule has 0 spiro atoms. The first-order chi connectivity index (χ1) is 8.78. The minimum Gasteiger partial charge on any atom is -0.480 e. The third-order valence-electron chi connectivity index (χ3n) is 2.92. The van der Waals surface area contributed by atoms with Crippen molar-refractivity contribution in [3.05, 3.63) is 34.3 Å². The Morgan fingerprint density at radius 3 is 2.47 bits per heavy atom. The van der Waals surface area contributed by atoms with Gasteiger partial charge in [0.1, 0.15) is 5.54 Å². The molecule has 104 valence electrons. The zero-order valence-electron chi connectivity index (χ0n) is 11.3. The van der Waals surface area contributed by atoms with Crippen molar-refractivity contribution >= 4 is 23.5 Å². The smallest absolute Gasteiger partial charge is 0.329 e. The topological polar surface area (TPSA) is 66.4 Å². The van der Waals surface area contributed by atoms with Crippen LogP contribution in [0.4, 0.5) is 0 Å². The van der Waals surface area contributed by atoms with E-state index < -0.39 is 17.4 Å². The normalized spacial score (nSPS) is 13.7. The lowest BCUT2D eigenvalue weighted by atomic mass is 9.95.